The summed E-state index contributed by atoms with van der Waals surface area (Å²) in [6, 6.07) is 17.2. The third-order valence-electron chi connectivity index (χ3n) is 5.14. The molecule has 2 fully saturated rings. The zero-order valence-electron chi connectivity index (χ0n) is 17.3. The largest absolute Gasteiger partial charge is 0.465 e. The van der Waals surface area contributed by atoms with Crippen LogP contribution in [0.1, 0.15) is 35.3 Å². The van der Waals surface area contributed by atoms with E-state index in [-0.39, 0.29) is 24.3 Å². The first-order chi connectivity index (χ1) is 14.5. The average Bonchev–Trinajstić information content (AvgIpc) is 3.24. The average molecular weight is 410 g/mol. The van der Waals surface area contributed by atoms with Gasteiger partial charge in [-0.1, -0.05) is 60.7 Å². The van der Waals surface area contributed by atoms with E-state index in [2.05, 4.69) is 0 Å². The van der Waals surface area contributed by atoms with Gasteiger partial charge in [0.1, 0.15) is 18.3 Å². The van der Waals surface area contributed by atoms with Gasteiger partial charge in [0.05, 0.1) is 19.3 Å². The molecule has 0 aromatic heterocycles. The lowest BCUT2D eigenvalue weighted by molar-refractivity contribution is -0.231. The number of benzene rings is 2. The van der Waals surface area contributed by atoms with Crippen LogP contribution in [0.3, 0.4) is 0 Å². The Morgan fingerprint density at radius 2 is 1.73 bits per heavy atom. The molecule has 0 radical (unpaired) electrons. The van der Waals surface area contributed by atoms with Gasteiger partial charge in [-0.25, -0.2) is 4.79 Å². The number of carbonyl (C=O) groups excluding carboxylic acids is 1. The van der Waals surface area contributed by atoms with Crippen molar-refractivity contribution in [1.82, 2.24) is 0 Å². The summed E-state index contributed by atoms with van der Waals surface area (Å²) in [5.74, 6) is -1.10. The molecule has 0 aliphatic carbocycles. The van der Waals surface area contributed by atoms with Crippen LogP contribution < -0.4 is 0 Å². The van der Waals surface area contributed by atoms with E-state index in [0.717, 1.165) is 11.1 Å². The second-order valence-corrected chi connectivity index (χ2v) is 7.77. The molecule has 0 saturated carbocycles. The van der Waals surface area contributed by atoms with Crippen molar-refractivity contribution < 1.29 is 28.5 Å². The van der Waals surface area contributed by atoms with Gasteiger partial charge in [-0.3, -0.25) is 0 Å². The van der Waals surface area contributed by atoms with Crippen LogP contribution in [0.15, 0.2) is 60.7 Å². The standard InChI is InChI=1S/C24H26O6/c1-24(2)29-20-19(14-13-17-11-7-8-12-18(17)22(25)26-3)28-23(21(20)30-24)27-15-16-9-5-4-6-10-16/h4-14,19-21,23H,15H2,1-3H3/b14-13-/t19-,20+,21+,23+/m1/s1. The van der Waals surface area contributed by atoms with Crippen molar-refractivity contribution in [3.63, 3.8) is 0 Å². The van der Waals surface area contributed by atoms with Gasteiger partial charge >= 0.3 is 5.97 Å². The topological polar surface area (TPSA) is 63.2 Å². The first kappa shape index (κ1) is 20.8. The van der Waals surface area contributed by atoms with Crippen LogP contribution in [0.4, 0.5) is 0 Å². The molecule has 0 N–H and O–H groups in total. The lowest BCUT2D eigenvalue weighted by atomic mass is 10.0. The Morgan fingerprint density at radius 1 is 1.03 bits per heavy atom. The first-order valence-electron chi connectivity index (χ1n) is 9.99. The third kappa shape index (κ3) is 4.47. The molecule has 2 saturated heterocycles. The highest BCUT2D eigenvalue weighted by Crippen LogP contribution is 2.40. The molecule has 0 amide bonds. The van der Waals surface area contributed by atoms with E-state index < -0.39 is 12.1 Å². The summed E-state index contributed by atoms with van der Waals surface area (Å²) in [5, 5.41) is 0. The minimum Gasteiger partial charge on any atom is -0.465 e. The zero-order chi connectivity index (χ0) is 21.1. The van der Waals surface area contributed by atoms with Crippen molar-refractivity contribution in [1.29, 1.82) is 0 Å². The fourth-order valence-corrected chi connectivity index (χ4v) is 3.77. The van der Waals surface area contributed by atoms with Crippen molar-refractivity contribution in [3.8, 4) is 0 Å². The van der Waals surface area contributed by atoms with E-state index >= 15 is 0 Å². The second kappa shape index (κ2) is 8.70. The fraction of sp³-hybridized carbons (Fsp3) is 0.375. The maximum absolute atomic E-state index is 12.0. The van der Waals surface area contributed by atoms with Gasteiger partial charge in [-0.15, -0.1) is 0 Å². The lowest BCUT2D eigenvalue weighted by Crippen LogP contribution is -2.31. The Labute approximate surface area is 176 Å². The lowest BCUT2D eigenvalue weighted by Gasteiger charge is -2.23. The molecule has 0 bridgehead atoms. The number of methoxy groups -OCH3 is 1. The van der Waals surface area contributed by atoms with Crippen LogP contribution in [0.5, 0.6) is 0 Å². The van der Waals surface area contributed by atoms with Gasteiger partial charge in [0.15, 0.2) is 12.1 Å². The molecule has 2 heterocycles. The first-order valence-corrected chi connectivity index (χ1v) is 9.99. The SMILES string of the molecule is COC(=O)c1ccccc1/C=C\[C@H]1O[C@H](OCc2ccccc2)[C@H]2OC(C)(C)O[C@H]21. The van der Waals surface area contributed by atoms with Gasteiger partial charge in [0, 0.05) is 0 Å². The smallest absolute Gasteiger partial charge is 0.338 e. The third-order valence-corrected chi connectivity index (χ3v) is 5.14. The minimum absolute atomic E-state index is 0.303. The number of carbonyl (C=O) groups is 1. The maximum Gasteiger partial charge on any atom is 0.338 e. The summed E-state index contributed by atoms with van der Waals surface area (Å²) in [6.45, 7) is 4.18. The number of rotatable bonds is 6. The van der Waals surface area contributed by atoms with Crippen molar-refractivity contribution in [3.05, 3.63) is 77.4 Å². The predicted octanol–water partition coefficient (Wildman–Crippen LogP) is 3.95. The van der Waals surface area contributed by atoms with Gasteiger partial charge < -0.3 is 23.7 Å². The summed E-state index contributed by atoms with van der Waals surface area (Å²) in [5.41, 5.74) is 2.30. The Balaban J connectivity index is 1.51. The quantitative estimate of drug-likeness (QED) is 0.672. The minimum atomic E-state index is -0.719. The van der Waals surface area contributed by atoms with Crippen LogP contribution >= 0.6 is 0 Å². The molecule has 4 atom stereocenters. The summed E-state index contributed by atoms with van der Waals surface area (Å²) in [6.07, 6.45) is 2.17. The summed E-state index contributed by atoms with van der Waals surface area (Å²) in [4.78, 5) is 12.0. The van der Waals surface area contributed by atoms with E-state index in [1.165, 1.54) is 7.11 Å². The molecule has 2 aromatic carbocycles. The number of esters is 1. The summed E-state index contributed by atoms with van der Waals surface area (Å²) >= 11 is 0. The van der Waals surface area contributed by atoms with Crippen molar-refractivity contribution in [2.45, 2.75) is 50.8 Å². The van der Waals surface area contributed by atoms with Crippen LogP contribution in [-0.4, -0.2) is 43.5 Å². The van der Waals surface area contributed by atoms with E-state index in [0.29, 0.717) is 12.2 Å². The van der Waals surface area contributed by atoms with Gasteiger partial charge in [-0.2, -0.15) is 0 Å². The van der Waals surface area contributed by atoms with E-state index in [9.17, 15) is 4.79 Å². The molecule has 2 aliphatic rings. The van der Waals surface area contributed by atoms with Gasteiger partial charge in [0.25, 0.3) is 0 Å². The highest BCUT2D eigenvalue weighted by atomic mass is 16.8. The molecule has 30 heavy (non-hydrogen) atoms. The van der Waals surface area contributed by atoms with Gasteiger partial charge in [-0.05, 0) is 31.0 Å². The molecule has 0 unspecified atom stereocenters. The Morgan fingerprint density at radius 3 is 2.50 bits per heavy atom. The Kier molecular flexibility index (Phi) is 6.01. The zero-order valence-corrected chi connectivity index (χ0v) is 17.3. The summed E-state index contributed by atoms with van der Waals surface area (Å²) in [7, 11) is 1.37. The fourth-order valence-electron chi connectivity index (χ4n) is 3.77. The van der Waals surface area contributed by atoms with Crippen LogP contribution in [0, 0.1) is 0 Å². The Hall–Kier alpha value is -2.51. The van der Waals surface area contributed by atoms with Crippen LogP contribution in [0.2, 0.25) is 0 Å². The van der Waals surface area contributed by atoms with E-state index in [1.54, 1.807) is 12.1 Å². The highest BCUT2D eigenvalue weighted by Gasteiger charge is 2.55. The second-order valence-electron chi connectivity index (χ2n) is 7.77. The maximum atomic E-state index is 12.0. The molecule has 6 heteroatoms. The van der Waals surface area contributed by atoms with Gasteiger partial charge in [0.2, 0.25) is 0 Å². The van der Waals surface area contributed by atoms with E-state index in [4.69, 9.17) is 23.7 Å². The number of fused-ring (bicyclic) bond motifs is 1. The predicted molar refractivity (Wildman–Crippen MR) is 111 cm³/mol. The van der Waals surface area contributed by atoms with Crippen molar-refractivity contribution in [2.75, 3.05) is 7.11 Å². The number of hydrogen-bond acceptors (Lipinski definition) is 6. The molecule has 6 nitrogen and oxygen atoms in total. The molecule has 2 aliphatic heterocycles. The Bertz CT molecular complexity index is 907. The molecular formula is C24H26O6. The van der Waals surface area contributed by atoms with Crippen LogP contribution in [-0.2, 0) is 30.3 Å². The molecule has 2 aromatic rings. The monoisotopic (exact) mass is 410 g/mol. The summed E-state index contributed by atoms with van der Waals surface area (Å²) < 4.78 is 29.1. The normalized spacial score (nSPS) is 27.3. The van der Waals surface area contributed by atoms with Crippen molar-refractivity contribution in [2.24, 2.45) is 0 Å². The molecular weight excluding hydrogens is 384 g/mol. The number of hydrogen-bond donors (Lipinski definition) is 0. The van der Waals surface area contributed by atoms with E-state index in [1.807, 2.05) is 68.5 Å². The van der Waals surface area contributed by atoms with Crippen molar-refractivity contribution >= 4 is 12.0 Å². The molecule has 0 spiro atoms. The van der Waals surface area contributed by atoms with Crippen LogP contribution in [0.25, 0.3) is 6.08 Å². The molecule has 158 valence electrons. The highest BCUT2D eigenvalue weighted by molar-refractivity contribution is 5.93. The molecule has 4 rings (SSSR count). The number of ether oxygens (including phenoxy) is 5.